The van der Waals surface area contributed by atoms with Crippen molar-refractivity contribution in [3.8, 4) is 11.5 Å². The third-order valence-corrected chi connectivity index (χ3v) is 8.43. The normalized spacial score (nSPS) is 15.9. The molecule has 3 aromatic carbocycles. The summed E-state index contributed by atoms with van der Waals surface area (Å²) in [5.41, 5.74) is 1.95. The summed E-state index contributed by atoms with van der Waals surface area (Å²) in [7, 11) is -2.14. The molecule has 0 spiro atoms. The summed E-state index contributed by atoms with van der Waals surface area (Å²) in [6.07, 6.45) is -0.260. The maximum absolute atomic E-state index is 13.1. The Morgan fingerprint density at radius 3 is 2.24 bits per heavy atom. The summed E-state index contributed by atoms with van der Waals surface area (Å²) in [5, 5.41) is 0.632. The fourth-order valence-corrected chi connectivity index (χ4v) is 5.77. The quantitative estimate of drug-likeness (QED) is 0.317. The van der Waals surface area contributed by atoms with Gasteiger partial charge in [-0.2, -0.15) is 13.1 Å². The van der Waals surface area contributed by atoms with Gasteiger partial charge in [0.25, 0.3) is 0 Å². The second-order valence-electron chi connectivity index (χ2n) is 8.76. The molecule has 3 aromatic rings. The van der Waals surface area contributed by atoms with Crippen molar-refractivity contribution in [2.75, 3.05) is 39.8 Å². The lowest BCUT2D eigenvalue weighted by Gasteiger charge is -2.36. The van der Waals surface area contributed by atoms with Crippen LogP contribution in [0.3, 0.4) is 0 Å². The minimum atomic E-state index is -3.76. The molecule has 7 nitrogen and oxygen atoms in total. The summed E-state index contributed by atoms with van der Waals surface area (Å²) in [5.74, 6) is 0.661. The van der Waals surface area contributed by atoms with Crippen LogP contribution in [-0.2, 0) is 21.4 Å². The van der Waals surface area contributed by atoms with Crippen LogP contribution in [-0.4, -0.2) is 64.1 Å². The van der Waals surface area contributed by atoms with Gasteiger partial charge in [0.2, 0.25) is 10.0 Å². The first-order valence-electron chi connectivity index (χ1n) is 12.0. The topological polar surface area (TPSA) is 68.3 Å². The van der Waals surface area contributed by atoms with Crippen LogP contribution in [0.15, 0.2) is 77.7 Å². The Kier molecular flexibility index (Phi) is 9.56. The van der Waals surface area contributed by atoms with Crippen molar-refractivity contribution < 1.29 is 31.4 Å². The van der Waals surface area contributed by atoms with Gasteiger partial charge < -0.3 is 14.2 Å². The van der Waals surface area contributed by atoms with E-state index in [1.165, 1.54) is 28.6 Å². The predicted molar refractivity (Wildman–Crippen MR) is 140 cm³/mol. The van der Waals surface area contributed by atoms with Crippen molar-refractivity contribution in [2.24, 2.45) is 0 Å². The highest BCUT2D eigenvalue weighted by atomic mass is 35.5. The van der Waals surface area contributed by atoms with Gasteiger partial charge in [0.05, 0.1) is 24.7 Å². The molecule has 38 heavy (non-hydrogen) atoms. The molecule has 1 atom stereocenters. The highest BCUT2D eigenvalue weighted by Gasteiger charge is 2.30. The van der Waals surface area contributed by atoms with Gasteiger partial charge in [-0.25, -0.2) is 8.42 Å². The van der Waals surface area contributed by atoms with E-state index in [1.807, 2.05) is 48.5 Å². The van der Waals surface area contributed by atoms with Crippen molar-refractivity contribution >= 4 is 21.6 Å². The second kappa shape index (κ2) is 12.9. The van der Waals surface area contributed by atoms with Crippen LogP contribution in [0.5, 0.6) is 11.5 Å². The Balaban J connectivity index is 1.39. The van der Waals surface area contributed by atoms with E-state index in [4.69, 9.17) is 21.1 Å². The maximum atomic E-state index is 13.1. The standard InChI is InChI=1S/C27H29ClF2N2O5S/c1-35-24-4-2-3-20(17-24)19-36-26(21-5-7-22(28)8-6-21)18-31-13-15-32(16-14-31)38(33,34)25-11-9-23(10-12-25)37-27(29)30/h2-12,17,26-27H,13-16,18-19H2,1H3. The number of piperazine rings is 1. The van der Waals surface area contributed by atoms with Gasteiger partial charge in [-0.15, -0.1) is 0 Å². The molecule has 1 aliphatic heterocycles. The minimum Gasteiger partial charge on any atom is -0.497 e. The maximum Gasteiger partial charge on any atom is 0.387 e. The van der Waals surface area contributed by atoms with Gasteiger partial charge in [0.1, 0.15) is 11.5 Å². The van der Waals surface area contributed by atoms with Crippen LogP contribution in [0.4, 0.5) is 8.78 Å². The van der Waals surface area contributed by atoms with Crippen LogP contribution in [0.2, 0.25) is 5.02 Å². The summed E-state index contributed by atoms with van der Waals surface area (Å²) >= 11 is 6.09. The number of hydrogen-bond acceptors (Lipinski definition) is 6. The molecule has 0 aromatic heterocycles. The molecule has 0 amide bonds. The number of alkyl halides is 2. The van der Waals surface area contributed by atoms with E-state index in [0.29, 0.717) is 44.4 Å². The molecule has 204 valence electrons. The SMILES string of the molecule is COc1cccc(COC(CN2CCN(S(=O)(=O)c3ccc(OC(F)F)cc3)CC2)c2ccc(Cl)cc2)c1. The lowest BCUT2D eigenvalue weighted by molar-refractivity contribution is -0.0498. The second-order valence-corrected chi connectivity index (χ2v) is 11.1. The molecule has 0 saturated carbocycles. The summed E-state index contributed by atoms with van der Waals surface area (Å²) in [6, 6.07) is 20.2. The first kappa shape index (κ1) is 28.3. The molecule has 4 rings (SSSR count). The number of rotatable bonds is 11. The Morgan fingerprint density at radius 1 is 0.921 bits per heavy atom. The number of halogens is 3. The molecular weight excluding hydrogens is 538 g/mol. The average Bonchev–Trinajstić information content (AvgIpc) is 2.92. The summed E-state index contributed by atoms with van der Waals surface area (Å²) in [6.45, 7) is -0.413. The van der Waals surface area contributed by atoms with Crippen LogP contribution in [0.25, 0.3) is 0 Å². The lowest BCUT2D eigenvalue weighted by Crippen LogP contribution is -2.49. The van der Waals surface area contributed by atoms with Gasteiger partial charge in [-0.3, -0.25) is 4.90 Å². The molecule has 1 saturated heterocycles. The van der Waals surface area contributed by atoms with Crippen molar-refractivity contribution in [2.45, 2.75) is 24.2 Å². The third-order valence-electron chi connectivity index (χ3n) is 6.27. The molecule has 1 fully saturated rings. The Bertz CT molecular complexity index is 1290. The van der Waals surface area contributed by atoms with Gasteiger partial charge in [-0.1, -0.05) is 35.9 Å². The Labute approximate surface area is 226 Å². The number of nitrogens with zero attached hydrogens (tertiary/aromatic N) is 2. The van der Waals surface area contributed by atoms with Gasteiger partial charge in [-0.05, 0) is 59.7 Å². The van der Waals surface area contributed by atoms with E-state index >= 15 is 0 Å². The van der Waals surface area contributed by atoms with Gasteiger partial charge in [0.15, 0.2) is 0 Å². The largest absolute Gasteiger partial charge is 0.497 e. The van der Waals surface area contributed by atoms with Crippen molar-refractivity contribution in [3.05, 3.63) is 88.9 Å². The minimum absolute atomic E-state index is 0.0354. The molecular formula is C27H29ClF2N2O5S. The predicted octanol–water partition coefficient (Wildman–Crippen LogP) is 5.21. The van der Waals surface area contributed by atoms with E-state index in [2.05, 4.69) is 9.64 Å². The van der Waals surface area contributed by atoms with E-state index < -0.39 is 16.6 Å². The van der Waals surface area contributed by atoms with E-state index in [1.54, 1.807) is 7.11 Å². The lowest BCUT2D eigenvalue weighted by atomic mass is 10.1. The van der Waals surface area contributed by atoms with Crippen LogP contribution < -0.4 is 9.47 Å². The molecule has 1 heterocycles. The highest BCUT2D eigenvalue weighted by Crippen LogP contribution is 2.26. The number of methoxy groups -OCH3 is 1. The van der Waals surface area contributed by atoms with Crippen LogP contribution in [0, 0.1) is 0 Å². The van der Waals surface area contributed by atoms with Crippen molar-refractivity contribution in [1.82, 2.24) is 9.21 Å². The van der Waals surface area contributed by atoms with E-state index in [9.17, 15) is 17.2 Å². The Hall–Kier alpha value is -2.76. The highest BCUT2D eigenvalue weighted by molar-refractivity contribution is 7.89. The van der Waals surface area contributed by atoms with Gasteiger partial charge in [0, 0.05) is 37.7 Å². The molecule has 0 bridgehead atoms. The third kappa shape index (κ3) is 7.42. The van der Waals surface area contributed by atoms with Crippen molar-refractivity contribution in [1.29, 1.82) is 0 Å². The molecule has 0 radical (unpaired) electrons. The average molecular weight is 567 g/mol. The molecule has 1 aliphatic rings. The van der Waals surface area contributed by atoms with E-state index in [-0.39, 0.29) is 16.7 Å². The first-order chi connectivity index (χ1) is 18.2. The zero-order valence-corrected chi connectivity index (χ0v) is 22.4. The van der Waals surface area contributed by atoms with Crippen molar-refractivity contribution in [3.63, 3.8) is 0 Å². The zero-order valence-electron chi connectivity index (χ0n) is 20.8. The number of benzene rings is 3. The van der Waals surface area contributed by atoms with Gasteiger partial charge >= 0.3 is 6.61 Å². The first-order valence-corrected chi connectivity index (χ1v) is 13.8. The summed E-state index contributed by atoms with van der Waals surface area (Å²) in [4.78, 5) is 2.20. The fraction of sp³-hybridized carbons (Fsp3) is 0.333. The summed E-state index contributed by atoms with van der Waals surface area (Å²) < 4.78 is 68.3. The molecule has 11 heteroatoms. The molecule has 0 aliphatic carbocycles. The smallest absolute Gasteiger partial charge is 0.387 e. The molecule has 1 unspecified atom stereocenters. The van der Waals surface area contributed by atoms with Crippen LogP contribution >= 0.6 is 11.6 Å². The van der Waals surface area contributed by atoms with Crippen LogP contribution in [0.1, 0.15) is 17.2 Å². The number of sulfonamides is 1. The Morgan fingerprint density at radius 2 is 1.61 bits per heavy atom. The number of ether oxygens (including phenoxy) is 3. The molecule has 0 N–H and O–H groups in total. The van der Waals surface area contributed by atoms with E-state index in [0.717, 1.165) is 16.9 Å². The monoisotopic (exact) mass is 566 g/mol. The number of hydrogen-bond donors (Lipinski definition) is 0. The zero-order chi connectivity index (χ0) is 27.1. The fourth-order valence-electron chi connectivity index (χ4n) is 4.22.